The van der Waals surface area contributed by atoms with Crippen molar-refractivity contribution < 1.29 is 9.47 Å². The van der Waals surface area contributed by atoms with E-state index < -0.39 is 0 Å². The molecule has 2 rings (SSSR count). The normalized spacial score (nSPS) is 19.9. The van der Waals surface area contributed by atoms with Crippen LogP contribution in [0.5, 0.6) is 0 Å². The zero-order chi connectivity index (χ0) is 11.2. The molecule has 1 N–H and O–H groups in total. The Balaban J connectivity index is 1.80. The van der Waals surface area contributed by atoms with E-state index in [9.17, 15) is 0 Å². The van der Waals surface area contributed by atoms with Gasteiger partial charge in [0.2, 0.25) is 0 Å². The molecule has 5 nitrogen and oxygen atoms in total. The molecule has 0 amide bonds. The maximum Gasteiger partial charge on any atom is 0.144 e. The molecule has 16 heavy (non-hydrogen) atoms. The molecule has 0 bridgehead atoms. The van der Waals surface area contributed by atoms with Crippen molar-refractivity contribution in [2.45, 2.75) is 26.1 Å². The highest BCUT2D eigenvalue weighted by molar-refractivity contribution is 5.30. The minimum Gasteiger partial charge on any atom is -0.379 e. The monoisotopic (exact) mass is 223 g/mol. The second-order valence-corrected chi connectivity index (χ2v) is 3.72. The average Bonchev–Trinajstić information content (AvgIpc) is 2.82. The van der Waals surface area contributed by atoms with E-state index >= 15 is 0 Å². The van der Waals surface area contributed by atoms with Crippen LogP contribution >= 0.6 is 0 Å². The van der Waals surface area contributed by atoms with Gasteiger partial charge in [-0.3, -0.25) is 4.98 Å². The van der Waals surface area contributed by atoms with E-state index in [0.717, 1.165) is 31.1 Å². The molecule has 1 saturated heterocycles. The van der Waals surface area contributed by atoms with Crippen molar-refractivity contribution in [1.29, 1.82) is 0 Å². The van der Waals surface area contributed by atoms with Gasteiger partial charge in [0.1, 0.15) is 5.82 Å². The molecule has 1 fully saturated rings. The average molecular weight is 223 g/mol. The lowest BCUT2D eigenvalue weighted by atomic mass is 10.3. The summed E-state index contributed by atoms with van der Waals surface area (Å²) in [6, 6.07) is 0. The Morgan fingerprint density at radius 2 is 2.44 bits per heavy atom. The minimum absolute atomic E-state index is 0.218. The van der Waals surface area contributed by atoms with Crippen LogP contribution in [0.25, 0.3) is 0 Å². The van der Waals surface area contributed by atoms with Crippen molar-refractivity contribution in [2.24, 2.45) is 0 Å². The topological polar surface area (TPSA) is 56.3 Å². The molecule has 1 atom stereocenters. The van der Waals surface area contributed by atoms with E-state index in [1.54, 1.807) is 12.4 Å². The molecule has 5 heteroatoms. The molecule has 0 radical (unpaired) electrons. The molecule has 1 aliphatic rings. The van der Waals surface area contributed by atoms with Gasteiger partial charge in [0, 0.05) is 13.2 Å². The first-order chi connectivity index (χ1) is 7.88. The van der Waals surface area contributed by atoms with E-state index in [0.29, 0.717) is 13.2 Å². The lowest BCUT2D eigenvalue weighted by Crippen LogP contribution is -2.12. The van der Waals surface area contributed by atoms with E-state index in [4.69, 9.17) is 9.47 Å². The SMILES string of the molecule is CCNc1cnc(COC2CCOC2)cn1. The molecular weight excluding hydrogens is 206 g/mol. The van der Waals surface area contributed by atoms with Crippen LogP contribution in [0.1, 0.15) is 19.0 Å². The van der Waals surface area contributed by atoms with E-state index in [2.05, 4.69) is 15.3 Å². The highest BCUT2D eigenvalue weighted by atomic mass is 16.5. The highest BCUT2D eigenvalue weighted by Gasteiger charge is 2.15. The van der Waals surface area contributed by atoms with Crippen LogP contribution < -0.4 is 5.32 Å². The van der Waals surface area contributed by atoms with Crippen molar-refractivity contribution in [3.63, 3.8) is 0 Å². The Labute approximate surface area is 95.2 Å². The molecule has 88 valence electrons. The molecule has 0 aliphatic carbocycles. The van der Waals surface area contributed by atoms with E-state index in [-0.39, 0.29) is 6.10 Å². The molecule has 0 saturated carbocycles. The third-order valence-corrected chi connectivity index (χ3v) is 2.42. The first-order valence-corrected chi connectivity index (χ1v) is 5.62. The maximum absolute atomic E-state index is 5.64. The van der Waals surface area contributed by atoms with Crippen LogP contribution in [0.4, 0.5) is 5.82 Å². The number of ether oxygens (including phenoxy) is 2. The maximum atomic E-state index is 5.64. The zero-order valence-electron chi connectivity index (χ0n) is 9.48. The van der Waals surface area contributed by atoms with Gasteiger partial charge < -0.3 is 14.8 Å². The number of hydrogen-bond donors (Lipinski definition) is 1. The van der Waals surface area contributed by atoms with Crippen LogP contribution in [0.15, 0.2) is 12.4 Å². The lowest BCUT2D eigenvalue weighted by Gasteiger charge is -2.09. The minimum atomic E-state index is 0.218. The summed E-state index contributed by atoms with van der Waals surface area (Å²) < 4.78 is 10.9. The number of rotatable bonds is 5. The zero-order valence-corrected chi connectivity index (χ0v) is 9.48. The van der Waals surface area contributed by atoms with Gasteiger partial charge in [-0.25, -0.2) is 4.98 Å². The second kappa shape index (κ2) is 5.77. The van der Waals surface area contributed by atoms with Crippen LogP contribution in [-0.4, -0.2) is 35.8 Å². The van der Waals surface area contributed by atoms with Crippen LogP contribution in [-0.2, 0) is 16.1 Å². The number of nitrogens with one attached hydrogen (secondary N) is 1. The number of anilines is 1. The molecule has 0 aromatic carbocycles. The third-order valence-electron chi connectivity index (χ3n) is 2.42. The predicted octanol–water partition coefficient (Wildman–Crippen LogP) is 1.21. The first-order valence-electron chi connectivity index (χ1n) is 5.62. The standard InChI is InChI=1S/C11H17N3O2/c1-2-12-11-6-13-9(5-14-11)7-16-10-3-4-15-8-10/h5-6,10H,2-4,7-8H2,1H3,(H,12,14). The van der Waals surface area contributed by atoms with Crippen molar-refractivity contribution in [3.05, 3.63) is 18.1 Å². The summed E-state index contributed by atoms with van der Waals surface area (Å²) in [6.45, 7) is 4.88. The van der Waals surface area contributed by atoms with Crippen molar-refractivity contribution >= 4 is 5.82 Å². The molecule has 1 aromatic heterocycles. The van der Waals surface area contributed by atoms with Crippen molar-refractivity contribution in [3.8, 4) is 0 Å². The van der Waals surface area contributed by atoms with Gasteiger partial charge in [0.15, 0.2) is 0 Å². The summed E-state index contributed by atoms with van der Waals surface area (Å²) in [5.41, 5.74) is 0.855. The summed E-state index contributed by atoms with van der Waals surface area (Å²) in [6.07, 6.45) is 4.67. The Morgan fingerprint density at radius 3 is 3.06 bits per heavy atom. The second-order valence-electron chi connectivity index (χ2n) is 3.72. The van der Waals surface area contributed by atoms with E-state index in [1.165, 1.54) is 0 Å². The summed E-state index contributed by atoms with van der Waals surface area (Å²) in [5, 5.41) is 3.10. The smallest absolute Gasteiger partial charge is 0.144 e. The van der Waals surface area contributed by atoms with Gasteiger partial charge in [0.05, 0.1) is 37.4 Å². The quantitative estimate of drug-likeness (QED) is 0.813. The Hall–Kier alpha value is -1.20. The Bertz CT molecular complexity index is 310. The summed E-state index contributed by atoms with van der Waals surface area (Å²) in [5.74, 6) is 0.801. The molecule has 1 aliphatic heterocycles. The van der Waals surface area contributed by atoms with Gasteiger partial charge in [-0.15, -0.1) is 0 Å². The lowest BCUT2D eigenvalue weighted by molar-refractivity contribution is 0.0300. The third kappa shape index (κ3) is 3.15. The molecular formula is C11H17N3O2. The fourth-order valence-electron chi connectivity index (χ4n) is 1.55. The number of hydrogen-bond acceptors (Lipinski definition) is 5. The number of nitrogens with zero attached hydrogens (tertiary/aromatic N) is 2. The predicted molar refractivity (Wildman–Crippen MR) is 60.2 cm³/mol. The fraction of sp³-hybridized carbons (Fsp3) is 0.636. The fourth-order valence-corrected chi connectivity index (χ4v) is 1.55. The van der Waals surface area contributed by atoms with Gasteiger partial charge in [-0.05, 0) is 13.3 Å². The van der Waals surface area contributed by atoms with Gasteiger partial charge in [-0.1, -0.05) is 0 Å². The summed E-state index contributed by atoms with van der Waals surface area (Å²) in [4.78, 5) is 8.50. The van der Waals surface area contributed by atoms with Crippen LogP contribution in [0, 0.1) is 0 Å². The number of aromatic nitrogens is 2. The summed E-state index contributed by atoms with van der Waals surface area (Å²) >= 11 is 0. The van der Waals surface area contributed by atoms with Crippen molar-refractivity contribution in [1.82, 2.24) is 9.97 Å². The Kier molecular flexibility index (Phi) is 4.07. The van der Waals surface area contributed by atoms with E-state index in [1.807, 2.05) is 6.92 Å². The molecule has 1 unspecified atom stereocenters. The summed E-state index contributed by atoms with van der Waals surface area (Å²) in [7, 11) is 0. The first kappa shape index (κ1) is 11.3. The van der Waals surface area contributed by atoms with Gasteiger partial charge in [0.25, 0.3) is 0 Å². The molecule has 1 aromatic rings. The van der Waals surface area contributed by atoms with Crippen LogP contribution in [0.2, 0.25) is 0 Å². The van der Waals surface area contributed by atoms with Gasteiger partial charge >= 0.3 is 0 Å². The Morgan fingerprint density at radius 1 is 1.50 bits per heavy atom. The molecule has 2 heterocycles. The largest absolute Gasteiger partial charge is 0.379 e. The molecule has 0 spiro atoms. The van der Waals surface area contributed by atoms with Crippen molar-refractivity contribution in [2.75, 3.05) is 25.1 Å². The van der Waals surface area contributed by atoms with Crippen LogP contribution in [0.3, 0.4) is 0 Å². The highest BCUT2D eigenvalue weighted by Crippen LogP contribution is 2.10. The van der Waals surface area contributed by atoms with Gasteiger partial charge in [-0.2, -0.15) is 0 Å².